The van der Waals surface area contributed by atoms with Gasteiger partial charge in [-0.05, 0) is 31.9 Å². The molecule has 0 unspecified atom stereocenters. The third-order valence-electron chi connectivity index (χ3n) is 3.49. The van der Waals surface area contributed by atoms with Gasteiger partial charge >= 0.3 is 0 Å². The summed E-state index contributed by atoms with van der Waals surface area (Å²) in [5.74, 6) is -0.476. The number of thioether (sulfide) groups is 1. The number of anilines is 1. The molecule has 2 rings (SSSR count). The van der Waals surface area contributed by atoms with Crippen LogP contribution in [0.3, 0.4) is 0 Å². The summed E-state index contributed by atoms with van der Waals surface area (Å²) < 4.78 is 1.74. The Balaban J connectivity index is 1.85. The topological polar surface area (TPSA) is 88.9 Å². The molecular weight excluding hydrogens is 326 g/mol. The van der Waals surface area contributed by atoms with Crippen molar-refractivity contribution in [2.45, 2.75) is 31.2 Å². The van der Waals surface area contributed by atoms with Gasteiger partial charge in [0.05, 0.1) is 11.8 Å². The molecule has 0 aliphatic rings. The van der Waals surface area contributed by atoms with Crippen molar-refractivity contribution in [2.24, 2.45) is 7.05 Å². The van der Waals surface area contributed by atoms with Crippen molar-refractivity contribution in [3.63, 3.8) is 0 Å². The maximum Gasteiger partial charge on any atom is 0.243 e. The Hall–Kier alpha value is -2.35. The zero-order chi connectivity index (χ0) is 17.7. The molecule has 8 heteroatoms. The highest BCUT2D eigenvalue weighted by Crippen LogP contribution is 2.20. The summed E-state index contributed by atoms with van der Waals surface area (Å²) in [5.41, 5.74) is 2.76. The van der Waals surface area contributed by atoms with Gasteiger partial charge in [0, 0.05) is 12.7 Å². The third kappa shape index (κ3) is 4.58. The molecule has 0 spiro atoms. The number of nitrogens with one attached hydrogen (secondary N) is 2. The molecule has 0 saturated heterocycles. The first-order valence-electron chi connectivity index (χ1n) is 7.53. The molecule has 0 bridgehead atoms. The number of rotatable bonds is 6. The number of hydrogen-bond donors (Lipinski definition) is 2. The van der Waals surface area contributed by atoms with Crippen LogP contribution in [-0.4, -0.2) is 38.4 Å². The van der Waals surface area contributed by atoms with Gasteiger partial charge in [0.25, 0.3) is 0 Å². The van der Waals surface area contributed by atoms with Crippen LogP contribution >= 0.6 is 11.8 Å². The number of carbonyl (C=O) groups excluding carboxylic acids is 2. The highest BCUT2D eigenvalue weighted by Gasteiger charge is 2.18. The smallest absolute Gasteiger partial charge is 0.243 e. The molecule has 1 aromatic heterocycles. The number of aromatic nitrogens is 3. The molecule has 0 saturated carbocycles. The predicted molar refractivity (Wildman–Crippen MR) is 93.9 cm³/mol. The second-order valence-electron chi connectivity index (χ2n) is 5.52. The lowest BCUT2D eigenvalue weighted by atomic mass is 10.1. The Morgan fingerprint density at radius 1 is 1.29 bits per heavy atom. The van der Waals surface area contributed by atoms with E-state index in [1.54, 1.807) is 17.8 Å². The van der Waals surface area contributed by atoms with Crippen molar-refractivity contribution in [1.29, 1.82) is 0 Å². The van der Waals surface area contributed by atoms with Gasteiger partial charge in [-0.2, -0.15) is 0 Å². The average Bonchev–Trinajstić information content (AvgIpc) is 2.93. The number of amides is 2. The Morgan fingerprint density at radius 2 is 1.96 bits per heavy atom. The molecule has 2 amide bonds. The number of benzene rings is 1. The summed E-state index contributed by atoms with van der Waals surface area (Å²) in [5, 5.41) is 13.5. The van der Waals surface area contributed by atoms with Crippen molar-refractivity contribution >= 4 is 29.3 Å². The minimum absolute atomic E-state index is 0.0731. The Kier molecular flexibility index (Phi) is 5.97. The molecular formula is C16H21N5O2S. The van der Waals surface area contributed by atoms with E-state index in [0.29, 0.717) is 5.16 Å². The molecule has 7 nitrogen and oxygen atoms in total. The molecule has 0 aliphatic carbocycles. The molecule has 24 heavy (non-hydrogen) atoms. The number of carbonyl (C=O) groups is 2. The lowest BCUT2D eigenvalue weighted by Crippen LogP contribution is -2.37. The van der Waals surface area contributed by atoms with Crippen molar-refractivity contribution in [1.82, 2.24) is 20.1 Å². The van der Waals surface area contributed by atoms with Crippen molar-refractivity contribution < 1.29 is 9.59 Å². The van der Waals surface area contributed by atoms with Gasteiger partial charge in [-0.15, -0.1) is 10.2 Å². The Bertz CT molecular complexity index is 724. The van der Waals surface area contributed by atoms with Gasteiger partial charge in [0.1, 0.15) is 6.33 Å². The molecule has 128 valence electrons. The SMILES string of the molecule is Cc1cccc(C)c1NC(=O)CNC(=O)[C@H](C)Sc1nncn1C. The quantitative estimate of drug-likeness (QED) is 0.776. The van der Waals surface area contributed by atoms with Gasteiger partial charge in [0.2, 0.25) is 11.8 Å². The summed E-state index contributed by atoms with van der Waals surface area (Å²) in [6.45, 7) is 5.55. The molecule has 0 fully saturated rings. The number of hydrogen-bond acceptors (Lipinski definition) is 5. The molecule has 2 aromatic rings. The summed E-state index contributed by atoms with van der Waals surface area (Å²) in [7, 11) is 1.81. The van der Waals surface area contributed by atoms with Gasteiger partial charge < -0.3 is 15.2 Å². The summed E-state index contributed by atoms with van der Waals surface area (Å²) >= 11 is 1.29. The van der Waals surface area contributed by atoms with E-state index in [1.807, 2.05) is 39.1 Å². The third-order valence-corrected chi connectivity index (χ3v) is 4.64. The summed E-state index contributed by atoms with van der Waals surface area (Å²) in [4.78, 5) is 24.2. The predicted octanol–water partition coefficient (Wildman–Crippen LogP) is 1.67. The van der Waals surface area contributed by atoms with Crippen LogP contribution in [0, 0.1) is 13.8 Å². The fraction of sp³-hybridized carbons (Fsp3) is 0.375. The van der Waals surface area contributed by atoms with Crippen molar-refractivity contribution in [2.75, 3.05) is 11.9 Å². The van der Waals surface area contributed by atoms with E-state index in [-0.39, 0.29) is 23.6 Å². The second-order valence-corrected chi connectivity index (χ2v) is 6.83. The van der Waals surface area contributed by atoms with Crippen LogP contribution in [0.2, 0.25) is 0 Å². The van der Waals surface area contributed by atoms with E-state index in [0.717, 1.165) is 16.8 Å². The van der Waals surface area contributed by atoms with Crippen LogP contribution in [0.15, 0.2) is 29.7 Å². The zero-order valence-electron chi connectivity index (χ0n) is 14.2. The van der Waals surface area contributed by atoms with E-state index in [1.165, 1.54) is 11.8 Å². The summed E-state index contributed by atoms with van der Waals surface area (Å²) in [6, 6.07) is 5.80. The van der Waals surface area contributed by atoms with Crippen LogP contribution < -0.4 is 10.6 Å². The van der Waals surface area contributed by atoms with Gasteiger partial charge in [0.15, 0.2) is 5.16 Å². The largest absolute Gasteiger partial charge is 0.346 e. The van der Waals surface area contributed by atoms with Crippen LogP contribution in [0.5, 0.6) is 0 Å². The van der Waals surface area contributed by atoms with E-state index in [9.17, 15) is 9.59 Å². The van der Waals surface area contributed by atoms with Crippen molar-refractivity contribution in [3.05, 3.63) is 35.7 Å². The Morgan fingerprint density at radius 3 is 2.54 bits per heavy atom. The maximum absolute atomic E-state index is 12.1. The number of nitrogens with zero attached hydrogens (tertiary/aromatic N) is 3. The first kappa shape index (κ1) is 18.0. The number of aryl methyl sites for hydroxylation is 3. The highest BCUT2D eigenvalue weighted by atomic mass is 32.2. The fourth-order valence-corrected chi connectivity index (χ4v) is 2.91. The zero-order valence-corrected chi connectivity index (χ0v) is 15.0. The lowest BCUT2D eigenvalue weighted by Gasteiger charge is -2.13. The van der Waals surface area contributed by atoms with Crippen LogP contribution in [0.4, 0.5) is 5.69 Å². The van der Waals surface area contributed by atoms with Gasteiger partial charge in [-0.3, -0.25) is 9.59 Å². The highest BCUT2D eigenvalue weighted by molar-refractivity contribution is 8.00. The minimum atomic E-state index is -0.374. The van der Waals surface area contributed by atoms with E-state index in [4.69, 9.17) is 0 Å². The van der Waals surface area contributed by atoms with Crippen LogP contribution in [0.25, 0.3) is 0 Å². The lowest BCUT2D eigenvalue weighted by molar-refractivity contribution is -0.123. The minimum Gasteiger partial charge on any atom is -0.346 e. The molecule has 1 atom stereocenters. The first-order chi connectivity index (χ1) is 11.4. The van der Waals surface area contributed by atoms with Gasteiger partial charge in [-0.1, -0.05) is 30.0 Å². The van der Waals surface area contributed by atoms with Crippen LogP contribution in [-0.2, 0) is 16.6 Å². The van der Waals surface area contributed by atoms with Crippen molar-refractivity contribution in [3.8, 4) is 0 Å². The van der Waals surface area contributed by atoms with E-state index in [2.05, 4.69) is 20.8 Å². The molecule has 0 radical (unpaired) electrons. The van der Waals surface area contributed by atoms with E-state index >= 15 is 0 Å². The van der Waals surface area contributed by atoms with Crippen LogP contribution in [0.1, 0.15) is 18.1 Å². The molecule has 0 aliphatic heterocycles. The Labute approximate surface area is 145 Å². The van der Waals surface area contributed by atoms with E-state index < -0.39 is 0 Å². The van der Waals surface area contributed by atoms with Gasteiger partial charge in [-0.25, -0.2) is 0 Å². The monoisotopic (exact) mass is 347 g/mol. The second kappa shape index (κ2) is 7.96. The normalized spacial score (nSPS) is 11.8. The first-order valence-corrected chi connectivity index (χ1v) is 8.41. The maximum atomic E-state index is 12.1. The average molecular weight is 347 g/mol. The standard InChI is InChI=1S/C16H21N5O2S/c1-10-6-5-7-11(2)14(10)19-13(22)8-17-15(23)12(3)24-16-20-18-9-21(16)4/h5-7,9,12H,8H2,1-4H3,(H,17,23)(H,19,22)/t12-/m0/s1. The molecule has 1 aromatic carbocycles. The number of para-hydroxylation sites is 1. The summed E-state index contributed by atoms with van der Waals surface area (Å²) in [6.07, 6.45) is 1.57. The molecule has 1 heterocycles. The fourth-order valence-electron chi connectivity index (χ4n) is 2.10. The molecule has 2 N–H and O–H groups in total.